The topological polar surface area (TPSA) is 38.3 Å². The SMILES string of the molecule is Cc1ccoc1CNC(C)c1ccoc1. The minimum atomic E-state index is 0.272. The van der Waals surface area contributed by atoms with Crippen LogP contribution in [0.2, 0.25) is 0 Å². The first-order valence-corrected chi connectivity index (χ1v) is 5.06. The molecule has 0 aliphatic carbocycles. The molecule has 3 heteroatoms. The molecule has 80 valence electrons. The third-order valence-electron chi connectivity index (χ3n) is 2.58. The molecule has 0 fully saturated rings. The molecule has 2 aromatic heterocycles. The van der Waals surface area contributed by atoms with E-state index in [1.807, 2.05) is 19.1 Å². The van der Waals surface area contributed by atoms with Gasteiger partial charge in [0.2, 0.25) is 0 Å². The van der Waals surface area contributed by atoms with Gasteiger partial charge in [-0.15, -0.1) is 0 Å². The minimum Gasteiger partial charge on any atom is -0.472 e. The summed E-state index contributed by atoms with van der Waals surface area (Å²) in [6.07, 6.45) is 5.16. The molecule has 0 saturated heterocycles. The number of furan rings is 2. The molecule has 15 heavy (non-hydrogen) atoms. The maximum Gasteiger partial charge on any atom is 0.120 e. The Labute approximate surface area is 89.1 Å². The average Bonchev–Trinajstić information content (AvgIpc) is 2.85. The Hall–Kier alpha value is -1.48. The largest absolute Gasteiger partial charge is 0.472 e. The molecule has 2 aromatic rings. The second-order valence-corrected chi connectivity index (χ2v) is 3.69. The van der Waals surface area contributed by atoms with E-state index >= 15 is 0 Å². The molecule has 0 amide bonds. The van der Waals surface area contributed by atoms with Crippen LogP contribution in [0.15, 0.2) is 39.8 Å². The molecule has 0 aromatic carbocycles. The Morgan fingerprint density at radius 2 is 2.20 bits per heavy atom. The molecule has 1 atom stereocenters. The van der Waals surface area contributed by atoms with Crippen LogP contribution in [0.1, 0.15) is 29.9 Å². The van der Waals surface area contributed by atoms with Crippen molar-refractivity contribution in [3.8, 4) is 0 Å². The van der Waals surface area contributed by atoms with E-state index < -0.39 is 0 Å². The predicted octanol–water partition coefficient (Wildman–Crippen LogP) is 3.03. The quantitative estimate of drug-likeness (QED) is 0.833. The van der Waals surface area contributed by atoms with Gasteiger partial charge in [-0.3, -0.25) is 0 Å². The van der Waals surface area contributed by atoms with Gasteiger partial charge in [-0.2, -0.15) is 0 Å². The highest BCUT2D eigenvalue weighted by molar-refractivity contribution is 5.15. The summed E-state index contributed by atoms with van der Waals surface area (Å²) in [6, 6.07) is 4.21. The maximum absolute atomic E-state index is 5.35. The van der Waals surface area contributed by atoms with E-state index in [1.54, 1.807) is 18.8 Å². The van der Waals surface area contributed by atoms with Crippen molar-refractivity contribution >= 4 is 0 Å². The molecule has 1 unspecified atom stereocenters. The van der Waals surface area contributed by atoms with Crippen LogP contribution >= 0.6 is 0 Å². The lowest BCUT2D eigenvalue weighted by atomic mass is 10.2. The van der Waals surface area contributed by atoms with Crippen LogP contribution in [-0.2, 0) is 6.54 Å². The van der Waals surface area contributed by atoms with Gasteiger partial charge in [0, 0.05) is 11.6 Å². The van der Waals surface area contributed by atoms with E-state index in [2.05, 4.69) is 12.2 Å². The van der Waals surface area contributed by atoms with Gasteiger partial charge in [0.05, 0.1) is 25.3 Å². The third-order valence-corrected chi connectivity index (χ3v) is 2.58. The van der Waals surface area contributed by atoms with Gasteiger partial charge in [0.15, 0.2) is 0 Å². The predicted molar refractivity (Wildman–Crippen MR) is 57.4 cm³/mol. The van der Waals surface area contributed by atoms with Gasteiger partial charge in [0.1, 0.15) is 5.76 Å². The fraction of sp³-hybridized carbons (Fsp3) is 0.333. The van der Waals surface area contributed by atoms with Crippen molar-refractivity contribution in [2.24, 2.45) is 0 Å². The van der Waals surface area contributed by atoms with Crippen molar-refractivity contribution in [1.29, 1.82) is 0 Å². The van der Waals surface area contributed by atoms with E-state index in [4.69, 9.17) is 8.83 Å². The highest BCUT2D eigenvalue weighted by Gasteiger charge is 2.07. The Balaban J connectivity index is 1.91. The number of aryl methyl sites for hydroxylation is 1. The lowest BCUT2D eigenvalue weighted by Crippen LogP contribution is -2.17. The van der Waals surface area contributed by atoms with Crippen molar-refractivity contribution in [1.82, 2.24) is 5.32 Å². The maximum atomic E-state index is 5.35. The number of nitrogens with one attached hydrogen (secondary N) is 1. The van der Waals surface area contributed by atoms with Crippen LogP contribution in [0.5, 0.6) is 0 Å². The molecule has 0 spiro atoms. The fourth-order valence-electron chi connectivity index (χ4n) is 1.47. The van der Waals surface area contributed by atoms with Crippen molar-refractivity contribution in [3.05, 3.63) is 47.8 Å². The van der Waals surface area contributed by atoms with Crippen LogP contribution in [0.4, 0.5) is 0 Å². The first-order valence-electron chi connectivity index (χ1n) is 5.06. The highest BCUT2D eigenvalue weighted by Crippen LogP contribution is 2.14. The molecular formula is C12H15NO2. The van der Waals surface area contributed by atoms with Crippen molar-refractivity contribution < 1.29 is 8.83 Å². The van der Waals surface area contributed by atoms with E-state index in [0.717, 1.165) is 17.9 Å². The van der Waals surface area contributed by atoms with Crippen molar-refractivity contribution in [3.63, 3.8) is 0 Å². The lowest BCUT2D eigenvalue weighted by Gasteiger charge is -2.10. The molecular weight excluding hydrogens is 190 g/mol. The van der Waals surface area contributed by atoms with E-state index in [1.165, 1.54) is 5.56 Å². The first kappa shape index (κ1) is 10.1. The summed E-state index contributed by atoms with van der Waals surface area (Å²) in [5, 5.41) is 3.37. The molecule has 2 rings (SSSR count). The molecule has 0 aliphatic rings. The average molecular weight is 205 g/mol. The smallest absolute Gasteiger partial charge is 0.120 e. The monoisotopic (exact) mass is 205 g/mol. The Morgan fingerprint density at radius 1 is 1.33 bits per heavy atom. The summed E-state index contributed by atoms with van der Waals surface area (Å²) in [5.74, 6) is 0.991. The van der Waals surface area contributed by atoms with Crippen molar-refractivity contribution in [2.75, 3.05) is 0 Å². The van der Waals surface area contributed by atoms with Gasteiger partial charge in [0.25, 0.3) is 0 Å². The van der Waals surface area contributed by atoms with Crippen LogP contribution < -0.4 is 5.32 Å². The standard InChI is InChI=1S/C12H15NO2/c1-9-3-6-15-12(9)7-13-10(2)11-4-5-14-8-11/h3-6,8,10,13H,7H2,1-2H3. The summed E-state index contributed by atoms with van der Waals surface area (Å²) in [5.41, 5.74) is 2.33. The second kappa shape index (κ2) is 4.36. The second-order valence-electron chi connectivity index (χ2n) is 3.69. The van der Waals surface area contributed by atoms with Gasteiger partial charge < -0.3 is 14.2 Å². The molecule has 0 aliphatic heterocycles. The molecule has 0 radical (unpaired) electrons. The summed E-state index contributed by atoms with van der Waals surface area (Å²) in [7, 11) is 0. The zero-order chi connectivity index (χ0) is 10.7. The Morgan fingerprint density at radius 3 is 2.80 bits per heavy atom. The summed E-state index contributed by atoms with van der Waals surface area (Å²) >= 11 is 0. The Kier molecular flexibility index (Phi) is 2.92. The van der Waals surface area contributed by atoms with E-state index in [0.29, 0.717) is 0 Å². The fourth-order valence-corrected chi connectivity index (χ4v) is 1.47. The summed E-state index contributed by atoms with van der Waals surface area (Å²) in [6.45, 7) is 4.89. The van der Waals surface area contributed by atoms with Crippen LogP contribution in [-0.4, -0.2) is 0 Å². The first-order chi connectivity index (χ1) is 7.27. The molecule has 2 heterocycles. The molecule has 3 nitrogen and oxygen atoms in total. The highest BCUT2D eigenvalue weighted by atomic mass is 16.3. The van der Waals surface area contributed by atoms with Crippen LogP contribution in [0.25, 0.3) is 0 Å². The zero-order valence-electron chi connectivity index (χ0n) is 8.99. The van der Waals surface area contributed by atoms with Crippen molar-refractivity contribution in [2.45, 2.75) is 26.4 Å². The normalized spacial score (nSPS) is 12.9. The van der Waals surface area contributed by atoms with Gasteiger partial charge in [-0.05, 0) is 31.5 Å². The molecule has 1 N–H and O–H groups in total. The zero-order valence-corrected chi connectivity index (χ0v) is 8.99. The van der Waals surface area contributed by atoms with Crippen LogP contribution in [0, 0.1) is 6.92 Å². The molecule has 0 bridgehead atoms. The summed E-state index contributed by atoms with van der Waals surface area (Å²) < 4.78 is 10.4. The van der Waals surface area contributed by atoms with Gasteiger partial charge >= 0.3 is 0 Å². The lowest BCUT2D eigenvalue weighted by molar-refractivity contribution is 0.456. The molecule has 0 saturated carbocycles. The third kappa shape index (κ3) is 2.30. The van der Waals surface area contributed by atoms with E-state index in [-0.39, 0.29) is 6.04 Å². The number of hydrogen-bond donors (Lipinski definition) is 1. The van der Waals surface area contributed by atoms with Gasteiger partial charge in [-0.25, -0.2) is 0 Å². The van der Waals surface area contributed by atoms with Crippen LogP contribution in [0.3, 0.4) is 0 Å². The minimum absolute atomic E-state index is 0.272. The van der Waals surface area contributed by atoms with Gasteiger partial charge in [-0.1, -0.05) is 0 Å². The Bertz CT molecular complexity index is 403. The number of rotatable bonds is 4. The van der Waals surface area contributed by atoms with E-state index in [9.17, 15) is 0 Å². The summed E-state index contributed by atoms with van der Waals surface area (Å²) in [4.78, 5) is 0. The number of hydrogen-bond acceptors (Lipinski definition) is 3.